The molecule has 3 aromatic carbocycles. The number of nitrogens with zero attached hydrogens (tertiary/aromatic N) is 2. The Labute approximate surface area is 248 Å². The van der Waals surface area contributed by atoms with Gasteiger partial charge in [-0.1, -0.05) is 84.6 Å². The van der Waals surface area contributed by atoms with Crippen LogP contribution in [0.5, 0.6) is 0 Å². The number of amides is 2. The van der Waals surface area contributed by atoms with Gasteiger partial charge in [-0.15, -0.1) is 11.8 Å². The number of carbonyl (C=O) groups excluding carboxylic acids is 2. The number of non-ortho nitro benzene ring substituents is 1. The van der Waals surface area contributed by atoms with Gasteiger partial charge in [-0.3, -0.25) is 19.7 Å². The van der Waals surface area contributed by atoms with Crippen LogP contribution in [0, 0.1) is 10.1 Å². The number of carbonyl (C=O) groups is 2. The van der Waals surface area contributed by atoms with E-state index in [0.717, 1.165) is 42.4 Å². The van der Waals surface area contributed by atoms with E-state index in [1.54, 1.807) is 29.2 Å². The first kappa shape index (κ1) is 29.9. The number of benzene rings is 3. The van der Waals surface area contributed by atoms with Crippen LogP contribution in [-0.4, -0.2) is 39.5 Å². The van der Waals surface area contributed by atoms with Crippen molar-refractivity contribution in [2.45, 2.75) is 56.5 Å². The van der Waals surface area contributed by atoms with Crippen LogP contribution >= 0.6 is 35.0 Å². The predicted octanol–water partition coefficient (Wildman–Crippen LogP) is 6.83. The average molecular weight is 601 g/mol. The van der Waals surface area contributed by atoms with Crippen molar-refractivity contribution < 1.29 is 14.5 Å². The lowest BCUT2D eigenvalue weighted by Crippen LogP contribution is -2.52. The molecule has 210 valence electrons. The molecule has 0 aliphatic heterocycles. The molecule has 40 heavy (non-hydrogen) atoms. The quantitative estimate of drug-likeness (QED) is 0.182. The zero-order chi connectivity index (χ0) is 28.5. The third-order valence-electron chi connectivity index (χ3n) is 6.95. The number of hydrogen-bond acceptors (Lipinski definition) is 5. The highest BCUT2D eigenvalue weighted by Crippen LogP contribution is 2.26. The molecule has 0 aromatic heterocycles. The second kappa shape index (κ2) is 14.5. The Morgan fingerprint density at radius 2 is 1.62 bits per heavy atom. The van der Waals surface area contributed by atoms with Crippen molar-refractivity contribution in [3.8, 4) is 0 Å². The Morgan fingerprint density at radius 3 is 2.27 bits per heavy atom. The van der Waals surface area contributed by atoms with Crippen molar-refractivity contribution in [3.63, 3.8) is 0 Å². The molecule has 0 bridgehead atoms. The van der Waals surface area contributed by atoms with E-state index < -0.39 is 11.0 Å². The molecule has 1 N–H and O–H groups in total. The van der Waals surface area contributed by atoms with Crippen molar-refractivity contribution in [1.82, 2.24) is 10.2 Å². The molecule has 1 atom stereocenters. The van der Waals surface area contributed by atoms with Gasteiger partial charge in [0.2, 0.25) is 11.8 Å². The topological polar surface area (TPSA) is 92.6 Å². The molecule has 0 unspecified atom stereocenters. The maximum atomic E-state index is 13.8. The summed E-state index contributed by atoms with van der Waals surface area (Å²) in [4.78, 5) is 39.7. The van der Waals surface area contributed by atoms with Crippen LogP contribution in [0.3, 0.4) is 0 Å². The molecule has 7 nitrogen and oxygen atoms in total. The Bertz CT molecular complexity index is 1320. The molecule has 10 heteroatoms. The van der Waals surface area contributed by atoms with Crippen LogP contribution in [0.1, 0.15) is 42.4 Å². The molecule has 2 amide bonds. The first-order valence-electron chi connectivity index (χ1n) is 13.2. The van der Waals surface area contributed by atoms with Gasteiger partial charge in [0.1, 0.15) is 6.04 Å². The van der Waals surface area contributed by atoms with Crippen molar-refractivity contribution >= 4 is 52.5 Å². The predicted molar refractivity (Wildman–Crippen MR) is 161 cm³/mol. The first-order chi connectivity index (χ1) is 19.3. The lowest BCUT2D eigenvalue weighted by atomic mass is 10.0. The van der Waals surface area contributed by atoms with Crippen LogP contribution in [0.4, 0.5) is 5.69 Å². The van der Waals surface area contributed by atoms with Crippen molar-refractivity contribution in [3.05, 3.63) is 110 Å². The maximum Gasteiger partial charge on any atom is 0.269 e. The van der Waals surface area contributed by atoms with Gasteiger partial charge in [0.25, 0.3) is 5.69 Å². The van der Waals surface area contributed by atoms with Gasteiger partial charge in [-0.25, -0.2) is 0 Å². The first-order valence-corrected chi connectivity index (χ1v) is 15.1. The van der Waals surface area contributed by atoms with E-state index >= 15 is 0 Å². The number of hydrogen-bond donors (Lipinski definition) is 1. The monoisotopic (exact) mass is 599 g/mol. The minimum absolute atomic E-state index is 0.0228. The van der Waals surface area contributed by atoms with E-state index in [1.165, 1.54) is 23.9 Å². The lowest BCUT2D eigenvalue weighted by molar-refractivity contribution is -0.384. The fourth-order valence-electron chi connectivity index (χ4n) is 4.81. The molecule has 1 fully saturated rings. The average Bonchev–Trinajstić information content (AvgIpc) is 3.46. The Hall–Kier alpha value is -3.07. The van der Waals surface area contributed by atoms with E-state index in [1.807, 2.05) is 36.4 Å². The van der Waals surface area contributed by atoms with Crippen LogP contribution in [0.15, 0.2) is 72.8 Å². The number of halogens is 2. The summed E-state index contributed by atoms with van der Waals surface area (Å²) in [7, 11) is 0. The number of nitrogens with one attached hydrogen (secondary N) is 1. The van der Waals surface area contributed by atoms with E-state index in [2.05, 4.69) is 5.32 Å². The molecule has 3 aromatic rings. The molecule has 4 rings (SSSR count). The summed E-state index contributed by atoms with van der Waals surface area (Å²) in [6.07, 6.45) is 4.42. The SMILES string of the molecule is O=C(NC1CCCC1)[C@H](Cc1ccccc1)N(Cc1ccc(Cl)c(Cl)c1)C(=O)CSCc1ccc([N+](=O)[O-])cc1. The van der Waals surface area contributed by atoms with Crippen LogP contribution in [0.25, 0.3) is 0 Å². The van der Waals surface area contributed by atoms with Gasteiger partial charge >= 0.3 is 0 Å². The van der Waals surface area contributed by atoms with Crippen LogP contribution in [0.2, 0.25) is 10.0 Å². The summed E-state index contributed by atoms with van der Waals surface area (Å²) in [6, 6.07) is 20.6. The molecule has 1 saturated carbocycles. The van der Waals surface area contributed by atoms with Crippen molar-refractivity contribution in [1.29, 1.82) is 0 Å². The number of nitro benzene ring substituents is 1. The second-order valence-electron chi connectivity index (χ2n) is 9.88. The van der Waals surface area contributed by atoms with Gasteiger partial charge in [0.15, 0.2) is 0 Å². The zero-order valence-corrected chi connectivity index (χ0v) is 24.3. The number of nitro groups is 1. The highest BCUT2D eigenvalue weighted by atomic mass is 35.5. The van der Waals surface area contributed by atoms with Gasteiger partial charge in [0, 0.05) is 36.9 Å². The minimum Gasteiger partial charge on any atom is -0.352 e. The van der Waals surface area contributed by atoms with Gasteiger partial charge in [-0.05, 0) is 41.7 Å². The second-order valence-corrected chi connectivity index (χ2v) is 11.7. The van der Waals surface area contributed by atoms with E-state index in [4.69, 9.17) is 23.2 Å². The molecule has 0 radical (unpaired) electrons. The summed E-state index contributed by atoms with van der Waals surface area (Å²) in [5.74, 6) is 0.299. The standard InChI is InChI=1S/C30H31Cl2N3O4S/c31-26-15-12-23(16-27(26)32)18-34(29(36)20-40-19-22-10-13-25(14-11-22)35(38)39)28(17-21-6-2-1-3-7-21)30(37)33-24-8-4-5-9-24/h1-3,6-7,10-16,24,28H,4-5,8-9,17-20H2,(H,33,37)/t28-/m0/s1. The number of rotatable bonds is 12. The van der Waals surface area contributed by atoms with Crippen LogP contribution < -0.4 is 5.32 Å². The molecule has 1 aliphatic rings. The smallest absolute Gasteiger partial charge is 0.269 e. The molecular formula is C30H31Cl2N3O4S. The summed E-state index contributed by atoms with van der Waals surface area (Å²) >= 11 is 13.8. The molecule has 1 aliphatic carbocycles. The third-order valence-corrected chi connectivity index (χ3v) is 8.68. The zero-order valence-electron chi connectivity index (χ0n) is 21.9. The molecule has 0 spiro atoms. The third kappa shape index (κ3) is 8.46. The Morgan fingerprint density at radius 1 is 0.950 bits per heavy atom. The van der Waals surface area contributed by atoms with Gasteiger partial charge in [-0.2, -0.15) is 0 Å². The lowest BCUT2D eigenvalue weighted by Gasteiger charge is -2.32. The molecular weight excluding hydrogens is 569 g/mol. The molecule has 0 saturated heterocycles. The highest BCUT2D eigenvalue weighted by Gasteiger charge is 2.32. The van der Waals surface area contributed by atoms with Gasteiger partial charge < -0.3 is 10.2 Å². The summed E-state index contributed by atoms with van der Waals surface area (Å²) < 4.78 is 0. The van der Waals surface area contributed by atoms with Gasteiger partial charge in [0.05, 0.1) is 20.7 Å². The largest absolute Gasteiger partial charge is 0.352 e. The summed E-state index contributed by atoms with van der Waals surface area (Å²) in [6.45, 7) is 0.198. The van der Waals surface area contributed by atoms with Crippen molar-refractivity contribution in [2.75, 3.05) is 5.75 Å². The molecule has 0 heterocycles. The fraction of sp³-hybridized carbons (Fsp3) is 0.333. The number of thioether (sulfide) groups is 1. The normalized spacial score (nSPS) is 14.1. The van der Waals surface area contributed by atoms with E-state index in [0.29, 0.717) is 22.2 Å². The summed E-state index contributed by atoms with van der Waals surface area (Å²) in [5.41, 5.74) is 2.63. The van der Waals surface area contributed by atoms with Crippen LogP contribution in [-0.2, 0) is 28.3 Å². The highest BCUT2D eigenvalue weighted by molar-refractivity contribution is 7.99. The van der Waals surface area contributed by atoms with E-state index in [-0.39, 0.29) is 35.8 Å². The van der Waals surface area contributed by atoms with Crippen molar-refractivity contribution in [2.24, 2.45) is 0 Å². The summed E-state index contributed by atoms with van der Waals surface area (Å²) in [5, 5.41) is 14.9. The maximum absolute atomic E-state index is 13.8. The Kier molecular flexibility index (Phi) is 10.9. The fourth-order valence-corrected chi connectivity index (χ4v) is 6.00. The van der Waals surface area contributed by atoms with E-state index in [9.17, 15) is 19.7 Å². The Balaban J connectivity index is 1.56. The minimum atomic E-state index is -0.718.